The number of likely N-dealkylation sites (N-methyl/N-ethyl adjacent to an activating group) is 2. The second-order valence-corrected chi connectivity index (χ2v) is 9.02. The first-order chi connectivity index (χ1) is 16.4. The zero-order chi connectivity index (χ0) is 26.0. The number of fused-ring (bicyclic) bond motifs is 1. The van der Waals surface area contributed by atoms with Gasteiger partial charge in [0.1, 0.15) is 11.6 Å². The topological polar surface area (TPSA) is 125 Å². The van der Waals surface area contributed by atoms with Crippen molar-refractivity contribution < 1.29 is 23.9 Å². The van der Waals surface area contributed by atoms with Crippen LogP contribution >= 0.6 is 0 Å². The van der Waals surface area contributed by atoms with E-state index in [0.717, 1.165) is 4.90 Å². The van der Waals surface area contributed by atoms with Crippen LogP contribution < -0.4 is 10.9 Å². The van der Waals surface area contributed by atoms with Gasteiger partial charge in [-0.05, 0) is 50.3 Å². The maximum atomic E-state index is 13.8. The smallest absolute Gasteiger partial charge is 0.312 e. The molecule has 11 heteroatoms. The molecule has 35 heavy (non-hydrogen) atoms. The van der Waals surface area contributed by atoms with Crippen molar-refractivity contribution in [1.29, 1.82) is 0 Å². The number of carbonyl (C=O) groups is 3. The van der Waals surface area contributed by atoms with Crippen LogP contribution in [-0.4, -0.2) is 63.3 Å². The number of carbonyl (C=O) groups excluding carboxylic acids is 3. The second kappa shape index (κ2) is 10.2. The number of rotatable bonds is 4. The summed E-state index contributed by atoms with van der Waals surface area (Å²) in [5.74, 6) is -3.45. The van der Waals surface area contributed by atoms with Crippen molar-refractivity contribution in [3.8, 4) is 5.75 Å². The monoisotopic (exact) mass is 487 g/mol. The molecule has 3 amide bonds. The van der Waals surface area contributed by atoms with Gasteiger partial charge in [-0.15, -0.1) is 0 Å². The molecule has 2 aromatic rings. The fourth-order valence-corrected chi connectivity index (χ4v) is 4.09. The quantitative estimate of drug-likeness (QED) is 0.632. The number of aromatic hydroxyl groups is 1. The van der Waals surface area contributed by atoms with Crippen LogP contribution in [0, 0.1) is 12.7 Å². The summed E-state index contributed by atoms with van der Waals surface area (Å²) in [5.41, 5.74) is -0.343. The Morgan fingerprint density at radius 3 is 2.51 bits per heavy atom. The van der Waals surface area contributed by atoms with E-state index in [1.807, 2.05) is 0 Å². The third kappa shape index (κ3) is 5.18. The molecule has 10 nitrogen and oxygen atoms in total. The van der Waals surface area contributed by atoms with E-state index in [-0.39, 0.29) is 18.4 Å². The first kappa shape index (κ1) is 25.9. The van der Waals surface area contributed by atoms with Gasteiger partial charge < -0.3 is 20.2 Å². The molecule has 0 unspecified atom stereocenters. The average molecular weight is 488 g/mol. The molecule has 0 saturated heterocycles. The number of halogens is 1. The Balaban J connectivity index is 1.99. The molecule has 2 atom stereocenters. The highest BCUT2D eigenvalue weighted by Gasteiger charge is 2.35. The summed E-state index contributed by atoms with van der Waals surface area (Å²) in [6.07, 6.45) is 1.62. The largest absolute Gasteiger partial charge is 0.501 e. The van der Waals surface area contributed by atoms with E-state index in [1.54, 1.807) is 26.0 Å². The fourth-order valence-electron chi connectivity index (χ4n) is 4.09. The zero-order valence-electron chi connectivity index (χ0n) is 20.5. The molecule has 0 saturated carbocycles. The predicted molar refractivity (Wildman–Crippen MR) is 125 cm³/mol. The van der Waals surface area contributed by atoms with E-state index in [0.29, 0.717) is 30.4 Å². The van der Waals surface area contributed by atoms with Crippen molar-refractivity contribution in [2.24, 2.45) is 0 Å². The normalized spacial score (nSPS) is 17.2. The van der Waals surface area contributed by atoms with Gasteiger partial charge in [0, 0.05) is 33.7 Å². The summed E-state index contributed by atoms with van der Waals surface area (Å²) < 4.78 is 15.1. The molecule has 0 spiro atoms. The molecule has 0 fully saturated rings. The molecule has 0 aliphatic carbocycles. The number of hydrogen-bond donors (Lipinski definition) is 2. The Kier molecular flexibility index (Phi) is 7.57. The van der Waals surface area contributed by atoms with Gasteiger partial charge in [0.25, 0.3) is 11.5 Å². The standard InChI is InChI=1S/C24H30FN5O5/c1-13-9-10-15(11-16(13)25)12-26-21(32)18-19(31)22(33)30-14(2)7-6-8-17(20(30)27-18)29(5)24(35)23(34)28(3)4/h9-11,14,17,31H,6-8,12H2,1-5H3,(H,26,32)/t14-,17-/m1/s1. The minimum atomic E-state index is -0.821. The lowest BCUT2D eigenvalue weighted by molar-refractivity contribution is -0.151. The van der Waals surface area contributed by atoms with E-state index in [2.05, 4.69) is 10.3 Å². The van der Waals surface area contributed by atoms with Gasteiger partial charge in [-0.1, -0.05) is 12.1 Å². The Morgan fingerprint density at radius 2 is 1.89 bits per heavy atom. The van der Waals surface area contributed by atoms with E-state index in [9.17, 15) is 28.7 Å². The Labute approximate surface area is 202 Å². The van der Waals surface area contributed by atoms with E-state index in [1.165, 1.54) is 36.7 Å². The molecule has 188 valence electrons. The first-order valence-corrected chi connectivity index (χ1v) is 11.3. The highest BCUT2D eigenvalue weighted by molar-refractivity contribution is 6.34. The number of nitrogens with zero attached hydrogens (tertiary/aromatic N) is 4. The van der Waals surface area contributed by atoms with Crippen LogP contribution in [0.4, 0.5) is 4.39 Å². The van der Waals surface area contributed by atoms with Gasteiger partial charge in [0.05, 0.1) is 6.04 Å². The van der Waals surface area contributed by atoms with Crippen molar-refractivity contribution in [3.63, 3.8) is 0 Å². The summed E-state index contributed by atoms with van der Waals surface area (Å²) in [6.45, 7) is 3.35. The Bertz CT molecular complexity index is 1230. The van der Waals surface area contributed by atoms with E-state index >= 15 is 0 Å². The Morgan fingerprint density at radius 1 is 1.20 bits per heavy atom. The molecule has 0 bridgehead atoms. The molecule has 2 N–H and O–H groups in total. The third-order valence-electron chi connectivity index (χ3n) is 6.24. The van der Waals surface area contributed by atoms with Crippen LogP contribution in [0.1, 0.15) is 65.7 Å². The van der Waals surface area contributed by atoms with Gasteiger partial charge in [-0.3, -0.25) is 23.7 Å². The number of amides is 3. The molecular weight excluding hydrogens is 457 g/mol. The average Bonchev–Trinajstić information content (AvgIpc) is 2.98. The lowest BCUT2D eigenvalue weighted by Crippen LogP contribution is -2.44. The number of aromatic nitrogens is 2. The Hall–Kier alpha value is -3.76. The van der Waals surface area contributed by atoms with Crippen LogP contribution in [-0.2, 0) is 16.1 Å². The maximum Gasteiger partial charge on any atom is 0.312 e. The molecule has 1 aliphatic heterocycles. The van der Waals surface area contributed by atoms with Crippen LogP contribution in [0.5, 0.6) is 5.75 Å². The van der Waals surface area contributed by atoms with E-state index in [4.69, 9.17) is 0 Å². The molecular formula is C24H30FN5O5. The van der Waals surface area contributed by atoms with E-state index < -0.39 is 46.6 Å². The summed E-state index contributed by atoms with van der Waals surface area (Å²) in [5, 5.41) is 13.1. The first-order valence-electron chi connectivity index (χ1n) is 11.3. The van der Waals surface area contributed by atoms with Crippen LogP contribution in [0.15, 0.2) is 23.0 Å². The molecule has 1 aliphatic rings. The minimum absolute atomic E-state index is 0.0505. The van der Waals surface area contributed by atoms with Crippen molar-refractivity contribution in [1.82, 2.24) is 24.7 Å². The van der Waals surface area contributed by atoms with Gasteiger partial charge in [-0.25, -0.2) is 9.37 Å². The van der Waals surface area contributed by atoms with Gasteiger partial charge in [0.15, 0.2) is 5.69 Å². The van der Waals surface area contributed by atoms with Crippen LogP contribution in [0.25, 0.3) is 0 Å². The van der Waals surface area contributed by atoms with Gasteiger partial charge in [-0.2, -0.15) is 0 Å². The third-order valence-corrected chi connectivity index (χ3v) is 6.24. The summed E-state index contributed by atoms with van der Waals surface area (Å²) >= 11 is 0. The lowest BCUT2D eigenvalue weighted by atomic mass is 10.1. The van der Waals surface area contributed by atoms with Crippen molar-refractivity contribution >= 4 is 17.7 Å². The lowest BCUT2D eigenvalue weighted by Gasteiger charge is -2.29. The summed E-state index contributed by atoms with van der Waals surface area (Å²) in [4.78, 5) is 57.7. The van der Waals surface area contributed by atoms with Gasteiger partial charge >= 0.3 is 11.8 Å². The minimum Gasteiger partial charge on any atom is -0.501 e. The molecule has 1 aromatic carbocycles. The highest BCUT2D eigenvalue weighted by Crippen LogP contribution is 2.32. The molecule has 1 aromatic heterocycles. The zero-order valence-corrected chi connectivity index (χ0v) is 20.5. The number of hydrogen-bond acceptors (Lipinski definition) is 6. The summed E-state index contributed by atoms with van der Waals surface area (Å²) in [6, 6.07) is 3.41. The van der Waals surface area contributed by atoms with Gasteiger partial charge in [0.2, 0.25) is 5.75 Å². The van der Waals surface area contributed by atoms with Crippen LogP contribution in [0.2, 0.25) is 0 Å². The van der Waals surface area contributed by atoms with Crippen molar-refractivity contribution in [2.45, 2.75) is 51.7 Å². The molecule has 3 rings (SSSR count). The summed E-state index contributed by atoms with van der Waals surface area (Å²) in [7, 11) is 4.36. The highest BCUT2D eigenvalue weighted by atomic mass is 19.1. The fraction of sp³-hybridized carbons (Fsp3) is 0.458. The molecule has 2 heterocycles. The van der Waals surface area contributed by atoms with Crippen LogP contribution in [0.3, 0.4) is 0 Å². The number of aryl methyl sites for hydroxylation is 1. The number of benzene rings is 1. The maximum absolute atomic E-state index is 13.8. The molecule has 0 radical (unpaired) electrons. The van der Waals surface area contributed by atoms with Crippen molar-refractivity contribution in [2.75, 3.05) is 21.1 Å². The predicted octanol–water partition coefficient (Wildman–Crippen LogP) is 1.66. The second-order valence-electron chi connectivity index (χ2n) is 9.02. The number of nitrogens with one attached hydrogen (secondary N) is 1. The van der Waals surface area contributed by atoms with Crippen molar-refractivity contribution in [3.05, 3.63) is 57.0 Å². The SMILES string of the molecule is Cc1ccc(CNC(=O)c2nc3n(c(=O)c2O)[C@H](C)CCC[C@H]3N(C)C(=O)C(=O)N(C)C)cc1F.